The molecule has 2 aromatic rings. The van der Waals surface area contributed by atoms with Gasteiger partial charge in [-0.1, -0.05) is 20.3 Å². The fraction of sp³-hybridized carbons (Fsp3) is 0.636. The van der Waals surface area contributed by atoms with E-state index in [1.807, 2.05) is 6.92 Å². The molecule has 1 amide bonds. The first-order valence-electron chi connectivity index (χ1n) is 11.7. The summed E-state index contributed by atoms with van der Waals surface area (Å²) in [5.74, 6) is -2.25. The summed E-state index contributed by atoms with van der Waals surface area (Å²) in [7, 11) is 0. The number of hydrogen-bond acceptors (Lipinski definition) is 9. The molecule has 2 N–H and O–H groups in total. The van der Waals surface area contributed by atoms with Crippen molar-refractivity contribution < 1.29 is 33.0 Å². The molecule has 36 heavy (non-hydrogen) atoms. The molecule has 0 spiro atoms. The third-order valence-electron chi connectivity index (χ3n) is 5.69. The van der Waals surface area contributed by atoms with Gasteiger partial charge in [0.05, 0.1) is 0 Å². The molecule has 0 radical (unpaired) electrons. The average Bonchev–Trinajstić information content (AvgIpc) is 3.23. The number of carbonyl (C=O) groups is 3. The minimum atomic E-state index is -1.97. The van der Waals surface area contributed by atoms with E-state index in [1.165, 1.54) is 11.5 Å². The van der Waals surface area contributed by atoms with Crippen LogP contribution in [0.5, 0.6) is 0 Å². The number of imidazole rings is 1. The molecule has 0 saturated carbocycles. The highest BCUT2D eigenvalue weighted by molar-refractivity contribution is 5.87. The molecule has 3 rings (SSSR count). The van der Waals surface area contributed by atoms with Crippen LogP contribution < -0.4 is 16.6 Å². The van der Waals surface area contributed by atoms with Gasteiger partial charge in [0.25, 0.3) is 5.56 Å². The Morgan fingerprint density at radius 1 is 1.19 bits per heavy atom. The maximum atomic E-state index is 15.6. The largest absolute Gasteiger partial charge is 0.460 e. The number of amides is 1. The topological polar surface area (TPSA) is 164 Å². The highest BCUT2D eigenvalue weighted by Gasteiger charge is 2.53. The van der Waals surface area contributed by atoms with Crippen molar-refractivity contribution >= 4 is 35.0 Å². The third kappa shape index (κ3) is 5.32. The second kappa shape index (κ2) is 11.0. The van der Waals surface area contributed by atoms with Crippen LogP contribution in [0.3, 0.4) is 0 Å². The van der Waals surface area contributed by atoms with Gasteiger partial charge in [-0.2, -0.15) is 4.98 Å². The molecule has 1 fully saturated rings. The number of alkyl halides is 1. The number of unbranched alkanes of at least 4 members (excludes halogenated alkanes) is 1. The molecule has 0 bridgehead atoms. The van der Waals surface area contributed by atoms with Crippen LogP contribution in [0.2, 0.25) is 0 Å². The van der Waals surface area contributed by atoms with Crippen LogP contribution in [0.4, 0.5) is 10.3 Å². The number of anilines is 1. The predicted molar refractivity (Wildman–Crippen MR) is 124 cm³/mol. The van der Waals surface area contributed by atoms with E-state index < -0.39 is 59.8 Å². The monoisotopic (exact) mass is 511 g/mol. The van der Waals surface area contributed by atoms with Gasteiger partial charge in [-0.15, -0.1) is 0 Å². The first-order chi connectivity index (χ1) is 17.0. The van der Waals surface area contributed by atoms with E-state index in [2.05, 4.69) is 15.3 Å². The summed E-state index contributed by atoms with van der Waals surface area (Å²) in [4.78, 5) is 68.0. The number of fused-ring (bicyclic) bond motifs is 1. The zero-order valence-electron chi connectivity index (χ0n) is 20.7. The van der Waals surface area contributed by atoms with E-state index in [0.29, 0.717) is 12.8 Å². The molecular weight excluding hydrogens is 481 g/mol. The molecular formula is C22H30FN5O8. The lowest BCUT2D eigenvalue weighted by Gasteiger charge is -2.23. The van der Waals surface area contributed by atoms with Crippen LogP contribution in [0, 0.1) is 0 Å². The van der Waals surface area contributed by atoms with Crippen LogP contribution in [-0.2, 0) is 35.1 Å². The lowest BCUT2D eigenvalue weighted by Crippen LogP contribution is -2.39. The summed E-state index contributed by atoms with van der Waals surface area (Å²) in [5, 5.41) is 2.35. The smallest absolute Gasteiger partial charge is 0.332 e. The minimum Gasteiger partial charge on any atom is -0.460 e. The molecule has 3 heterocycles. The Kier molecular flexibility index (Phi) is 8.28. The number of rotatable bonds is 9. The zero-order chi connectivity index (χ0) is 26.7. The maximum Gasteiger partial charge on any atom is 0.332 e. The number of esters is 2. The zero-order valence-corrected chi connectivity index (χ0v) is 20.7. The van der Waals surface area contributed by atoms with Gasteiger partial charge >= 0.3 is 17.6 Å². The number of H-pyrrole nitrogens is 1. The van der Waals surface area contributed by atoms with Crippen molar-refractivity contribution in [2.45, 2.75) is 91.1 Å². The van der Waals surface area contributed by atoms with Gasteiger partial charge in [-0.05, 0) is 12.8 Å². The van der Waals surface area contributed by atoms with Gasteiger partial charge in [-0.25, -0.2) is 13.8 Å². The van der Waals surface area contributed by atoms with Crippen molar-refractivity contribution in [1.29, 1.82) is 0 Å². The Hall–Kier alpha value is -3.55. The molecule has 14 heteroatoms. The van der Waals surface area contributed by atoms with Crippen LogP contribution in [0.1, 0.15) is 60.1 Å². The van der Waals surface area contributed by atoms with Crippen LogP contribution in [0.25, 0.3) is 11.2 Å². The van der Waals surface area contributed by atoms with Crippen molar-refractivity contribution in [3.8, 4) is 0 Å². The van der Waals surface area contributed by atoms with E-state index in [0.717, 1.165) is 18.4 Å². The van der Waals surface area contributed by atoms with Gasteiger partial charge in [0, 0.05) is 27.3 Å². The number of hydrogen-bond donors (Lipinski definition) is 2. The first kappa shape index (κ1) is 27.0. The summed E-state index contributed by atoms with van der Waals surface area (Å²) < 4.78 is 34.0. The summed E-state index contributed by atoms with van der Waals surface area (Å²) in [6, 6.07) is 0. The molecule has 1 saturated heterocycles. The number of nitrogens with zero attached hydrogens (tertiary/aromatic N) is 3. The number of carbonyl (C=O) groups excluding carboxylic acids is 3. The van der Waals surface area contributed by atoms with Crippen molar-refractivity contribution in [2.75, 3.05) is 5.32 Å². The molecule has 5 atom stereocenters. The standard InChI is InChI=1S/C22H30FN5O8/c1-6-8-9-27-15-18(25-21(24-10(3)29)26-19(15)32)28(22(27)33)20-17(35-12(5)31)14(23)16(36-20)13(7-2)34-11(4)30/h13-14,16-17,20H,6-9H2,1-5H3,(H2,24,25,26,29,32)/t13?,14-,16+,17+,20+/m0/s1. The lowest BCUT2D eigenvalue weighted by atomic mass is 10.0. The third-order valence-corrected chi connectivity index (χ3v) is 5.69. The maximum absolute atomic E-state index is 15.6. The molecule has 2 aromatic heterocycles. The summed E-state index contributed by atoms with van der Waals surface area (Å²) in [6.45, 7) is 7.15. The Morgan fingerprint density at radius 2 is 1.89 bits per heavy atom. The fourth-order valence-corrected chi connectivity index (χ4v) is 4.23. The Balaban J connectivity index is 2.24. The van der Waals surface area contributed by atoms with Crippen molar-refractivity contribution in [3.63, 3.8) is 0 Å². The number of halogens is 1. The quantitative estimate of drug-likeness (QED) is 0.470. The van der Waals surface area contributed by atoms with Crippen LogP contribution in [0.15, 0.2) is 9.59 Å². The van der Waals surface area contributed by atoms with Gasteiger partial charge in [0.1, 0.15) is 12.2 Å². The van der Waals surface area contributed by atoms with Gasteiger partial charge in [0.2, 0.25) is 11.9 Å². The normalized spacial score (nSPS) is 22.4. The van der Waals surface area contributed by atoms with Crippen LogP contribution in [-0.4, -0.2) is 61.4 Å². The van der Waals surface area contributed by atoms with Crippen molar-refractivity contribution in [2.24, 2.45) is 0 Å². The van der Waals surface area contributed by atoms with Gasteiger partial charge < -0.3 is 14.2 Å². The minimum absolute atomic E-state index is 0.112. The molecule has 1 aliphatic heterocycles. The average molecular weight is 512 g/mol. The number of aromatic nitrogens is 4. The van der Waals surface area contributed by atoms with Crippen molar-refractivity contribution in [1.82, 2.24) is 19.1 Å². The lowest BCUT2D eigenvalue weighted by molar-refractivity contribution is -0.159. The van der Waals surface area contributed by atoms with E-state index in [1.54, 1.807) is 6.92 Å². The molecule has 0 aliphatic carbocycles. The number of aryl methyl sites for hydroxylation is 1. The SMILES string of the molecule is CCCCn1c(=O)n([C@@H]2O[C@H](C(CC)OC(C)=O)[C@H](F)[C@H]2OC(C)=O)c2nc(NC(C)=O)[nH]c(=O)c21. The second-order valence-electron chi connectivity index (χ2n) is 8.49. The molecule has 13 nitrogen and oxygen atoms in total. The summed E-state index contributed by atoms with van der Waals surface area (Å²) in [6.07, 6.45) is -6.07. The number of ether oxygens (including phenoxy) is 3. The molecule has 198 valence electrons. The van der Waals surface area contributed by atoms with Gasteiger partial charge in [-0.3, -0.25) is 34.0 Å². The molecule has 1 unspecified atom stereocenters. The van der Waals surface area contributed by atoms with E-state index >= 15 is 4.39 Å². The summed E-state index contributed by atoms with van der Waals surface area (Å²) >= 11 is 0. The first-order valence-corrected chi connectivity index (χ1v) is 11.7. The fourth-order valence-electron chi connectivity index (χ4n) is 4.23. The summed E-state index contributed by atoms with van der Waals surface area (Å²) in [5.41, 5.74) is -1.76. The number of nitrogens with one attached hydrogen (secondary N) is 2. The predicted octanol–water partition coefficient (Wildman–Crippen LogP) is 1.15. The molecule has 1 aliphatic rings. The van der Waals surface area contributed by atoms with Crippen molar-refractivity contribution in [3.05, 3.63) is 20.8 Å². The highest BCUT2D eigenvalue weighted by Crippen LogP contribution is 2.37. The van der Waals surface area contributed by atoms with Gasteiger partial charge in [0.15, 0.2) is 29.7 Å². The van der Waals surface area contributed by atoms with Crippen LogP contribution >= 0.6 is 0 Å². The molecule has 0 aromatic carbocycles. The van der Waals surface area contributed by atoms with E-state index in [4.69, 9.17) is 14.2 Å². The van der Waals surface area contributed by atoms with E-state index in [-0.39, 0.29) is 30.1 Å². The second-order valence-corrected chi connectivity index (χ2v) is 8.49. The Bertz CT molecular complexity index is 1270. The van der Waals surface area contributed by atoms with E-state index in [9.17, 15) is 24.0 Å². The highest BCUT2D eigenvalue weighted by atomic mass is 19.1. The number of aromatic amines is 1. The Labute approximate surface area is 204 Å². The Morgan fingerprint density at radius 3 is 2.44 bits per heavy atom.